The number of thioether (sulfide) groups is 1. The zero-order valence-electron chi connectivity index (χ0n) is 19.0. The summed E-state index contributed by atoms with van der Waals surface area (Å²) in [6.07, 6.45) is -4.81. The third-order valence-corrected chi connectivity index (χ3v) is 11.0. The predicted octanol–water partition coefficient (Wildman–Crippen LogP) is 7.95. The Labute approximate surface area is 228 Å². The number of hydrogen-bond donors (Lipinski definition) is 1. The maximum Gasteiger partial charge on any atom is 0.439 e. The fraction of sp³-hybridized carbons (Fsp3) is 0.115. The maximum atomic E-state index is 13.0. The van der Waals surface area contributed by atoms with Gasteiger partial charge in [0, 0.05) is 10.5 Å². The fourth-order valence-electron chi connectivity index (χ4n) is 3.64. The van der Waals surface area contributed by atoms with Crippen molar-refractivity contribution in [2.24, 2.45) is 0 Å². The molecule has 3 aromatic carbocycles. The van der Waals surface area contributed by atoms with Crippen molar-refractivity contribution in [3.63, 3.8) is 0 Å². The van der Waals surface area contributed by atoms with Gasteiger partial charge in [-0.15, -0.1) is 0 Å². The summed E-state index contributed by atoms with van der Waals surface area (Å²) in [5.74, 6) is 0.0433. The molecular formula is C26H17ClF3IN2O3S. The monoisotopic (exact) mass is 656 g/mol. The molecule has 0 spiro atoms. The molecule has 0 saturated heterocycles. The van der Waals surface area contributed by atoms with E-state index in [2.05, 4.69) is 14.7 Å². The van der Waals surface area contributed by atoms with Crippen molar-refractivity contribution in [3.8, 4) is 17.1 Å². The van der Waals surface area contributed by atoms with Gasteiger partial charge in [0.05, 0.1) is 13.4 Å². The van der Waals surface area contributed by atoms with Crippen LogP contribution in [0, 0.1) is 0 Å². The van der Waals surface area contributed by atoms with Crippen LogP contribution in [0.15, 0.2) is 90.6 Å². The Balaban J connectivity index is 1.42. The summed E-state index contributed by atoms with van der Waals surface area (Å²) in [6, 6.07) is 20.1. The smallest absolute Gasteiger partial charge is 0.439 e. The number of nitrogens with zero attached hydrogens (tertiary/aromatic N) is 1. The van der Waals surface area contributed by atoms with E-state index in [0.29, 0.717) is 16.3 Å². The van der Waals surface area contributed by atoms with E-state index in [0.717, 1.165) is 31.0 Å². The third kappa shape index (κ3) is 5.70. The van der Waals surface area contributed by atoms with Gasteiger partial charge in [-0.25, -0.2) is 4.79 Å². The number of aromatic nitrogens is 2. The van der Waals surface area contributed by atoms with E-state index >= 15 is 0 Å². The van der Waals surface area contributed by atoms with E-state index in [4.69, 9.17) is 16.3 Å². The van der Waals surface area contributed by atoms with E-state index in [9.17, 15) is 18.0 Å². The number of allylic oxidation sites excluding steroid dienone is 1. The largest absolute Gasteiger partial charge is 0.480 e. The molecule has 37 heavy (non-hydrogen) atoms. The van der Waals surface area contributed by atoms with E-state index in [1.54, 1.807) is 30.0 Å². The van der Waals surface area contributed by atoms with Crippen LogP contribution in [-0.4, -0.2) is 13.0 Å². The summed E-state index contributed by atoms with van der Waals surface area (Å²) in [5.41, 5.74) is 1.55. The highest BCUT2D eigenvalue weighted by atomic mass is 127. The van der Waals surface area contributed by atoms with Crippen LogP contribution < -0.4 is 10.5 Å². The second kappa shape index (κ2) is 10.5. The Morgan fingerprint density at radius 2 is 1.81 bits per heavy atom. The topological polar surface area (TPSA) is 68.1 Å². The van der Waals surface area contributed by atoms with E-state index in [1.807, 2.05) is 37.3 Å². The fourth-order valence-corrected chi connectivity index (χ4v) is 9.18. The normalized spacial score (nSPS) is 14.8. The van der Waals surface area contributed by atoms with Gasteiger partial charge in [0.2, 0.25) is 0 Å². The van der Waals surface area contributed by atoms with Crippen molar-refractivity contribution in [2.75, 3.05) is 0 Å². The zero-order chi connectivity index (χ0) is 26.2. The van der Waals surface area contributed by atoms with Gasteiger partial charge in [0.25, 0.3) is 0 Å². The zero-order valence-corrected chi connectivity index (χ0v) is 22.7. The maximum absolute atomic E-state index is 13.0. The average molecular weight is 657 g/mol. The second-order valence-electron chi connectivity index (χ2n) is 7.94. The van der Waals surface area contributed by atoms with Crippen LogP contribution in [0.2, 0.25) is 5.02 Å². The molecule has 1 aliphatic rings. The van der Waals surface area contributed by atoms with Crippen LogP contribution in [0.4, 0.5) is 13.2 Å². The molecule has 5 nitrogen and oxygen atoms in total. The Hall–Kier alpha value is -2.83. The molecule has 1 N–H and O–H groups in total. The first-order valence-corrected chi connectivity index (χ1v) is 14.2. The summed E-state index contributed by atoms with van der Waals surface area (Å²) in [4.78, 5) is 14.8. The first-order chi connectivity index (χ1) is 17.7. The molecule has 1 unspecified atom stereocenters. The SMILES string of the molecule is CC1=C(C(Oc2ccc(-c3noc(=O)[nH]3)c(Cl)c2)c2ccccc2)SC(c2ccc(C(F)(F)F)cc2)=I1. The van der Waals surface area contributed by atoms with Crippen molar-refractivity contribution in [1.82, 2.24) is 10.1 Å². The lowest BCUT2D eigenvalue weighted by molar-refractivity contribution is -0.137. The molecule has 0 fully saturated rings. The molecule has 1 aromatic heterocycles. The quantitative estimate of drug-likeness (QED) is 0.214. The van der Waals surface area contributed by atoms with Crippen LogP contribution in [0.3, 0.4) is 0 Å². The van der Waals surface area contributed by atoms with Gasteiger partial charge in [-0.05, 0) is 52.0 Å². The van der Waals surface area contributed by atoms with Gasteiger partial charge < -0.3 is 4.74 Å². The summed E-state index contributed by atoms with van der Waals surface area (Å²) in [5, 5.41) is 4.00. The molecule has 5 rings (SSSR count). The molecule has 11 heteroatoms. The van der Waals surface area contributed by atoms with Crippen LogP contribution in [-0.2, 0) is 6.18 Å². The first kappa shape index (κ1) is 25.8. The Morgan fingerprint density at radius 1 is 1.08 bits per heavy atom. The van der Waals surface area contributed by atoms with Gasteiger partial charge >= 0.3 is 11.9 Å². The standard InChI is InChI=1S/C26H17ClF3IN2O3S/c1-14-22(37-23(31-14)16-7-9-17(10-8-16)26(28,29)30)21(15-5-3-2-4-6-15)35-18-11-12-19(20(27)13-18)24-32-25(34)36-33-24/h2-13,21H,1H3,(H,32,33,34). The average Bonchev–Trinajstić information content (AvgIpc) is 3.48. The molecule has 2 heterocycles. The molecule has 4 aromatic rings. The highest BCUT2D eigenvalue weighted by molar-refractivity contribution is 14.2. The van der Waals surface area contributed by atoms with Gasteiger partial charge in [0.15, 0.2) is 11.9 Å². The Kier molecular flexibility index (Phi) is 7.32. The van der Waals surface area contributed by atoms with Crippen LogP contribution in [0.1, 0.15) is 29.7 Å². The molecule has 190 valence electrons. The van der Waals surface area contributed by atoms with Gasteiger partial charge in [-0.2, -0.15) is 13.2 Å². The summed E-state index contributed by atoms with van der Waals surface area (Å²) >= 11 is 7.45. The number of halogens is 5. The van der Waals surface area contributed by atoms with Crippen molar-refractivity contribution in [1.29, 1.82) is 0 Å². The van der Waals surface area contributed by atoms with Crippen LogP contribution in [0.25, 0.3) is 11.4 Å². The van der Waals surface area contributed by atoms with Crippen LogP contribution in [0.5, 0.6) is 5.75 Å². The lowest BCUT2D eigenvalue weighted by atomic mass is 10.1. The number of H-pyrrole nitrogens is 1. The predicted molar refractivity (Wildman–Crippen MR) is 147 cm³/mol. The highest BCUT2D eigenvalue weighted by Gasteiger charge is 2.31. The van der Waals surface area contributed by atoms with Gasteiger partial charge in [-0.3, -0.25) is 9.51 Å². The number of ether oxygens (including phenoxy) is 1. The van der Waals surface area contributed by atoms with E-state index in [1.165, 1.54) is 15.7 Å². The molecule has 0 aliphatic carbocycles. The number of nitrogens with one attached hydrogen (secondary N) is 1. The summed E-state index contributed by atoms with van der Waals surface area (Å²) in [7, 11) is 0. The molecule has 0 saturated carbocycles. The van der Waals surface area contributed by atoms with Crippen molar-refractivity contribution in [3.05, 3.63) is 114 Å². The number of rotatable bonds is 6. The third-order valence-electron chi connectivity index (χ3n) is 5.44. The van der Waals surface area contributed by atoms with Crippen LogP contribution >= 0.6 is 44.1 Å². The van der Waals surface area contributed by atoms with E-state index in [-0.39, 0.29) is 5.82 Å². The lowest BCUT2D eigenvalue weighted by Gasteiger charge is -2.22. The molecule has 0 radical (unpaired) electrons. The Bertz CT molecular complexity index is 1560. The molecule has 1 aliphatic heterocycles. The molecule has 0 bridgehead atoms. The minimum Gasteiger partial charge on any atom is -0.480 e. The first-order valence-electron chi connectivity index (χ1n) is 10.8. The van der Waals surface area contributed by atoms with Crippen molar-refractivity contribution in [2.45, 2.75) is 19.2 Å². The summed E-state index contributed by atoms with van der Waals surface area (Å²) < 4.78 is 52.3. The number of hydrogen-bond acceptors (Lipinski definition) is 5. The van der Waals surface area contributed by atoms with E-state index < -0.39 is 44.3 Å². The number of aromatic amines is 1. The van der Waals surface area contributed by atoms with Gasteiger partial charge in [-0.1, -0.05) is 91.7 Å². The minimum atomic E-state index is -4.37. The molecule has 0 amide bonds. The molecule has 1 atom stereocenters. The summed E-state index contributed by atoms with van der Waals surface area (Å²) in [6.45, 7) is 2.04. The molecular weight excluding hydrogens is 640 g/mol. The Morgan fingerprint density at radius 3 is 2.43 bits per heavy atom. The lowest BCUT2D eigenvalue weighted by Crippen LogP contribution is -2.10. The number of benzene rings is 3. The minimum absolute atomic E-state index is 0.214. The van der Waals surface area contributed by atoms with Crippen molar-refractivity contribution >= 4 is 46.9 Å². The number of alkyl halides is 3. The second-order valence-corrected chi connectivity index (χ2v) is 13.4. The highest BCUT2D eigenvalue weighted by Crippen LogP contribution is 2.49. The van der Waals surface area contributed by atoms with Crippen molar-refractivity contribution < 1.29 is 22.4 Å². The van der Waals surface area contributed by atoms with Gasteiger partial charge in [0.1, 0.15) is 5.75 Å².